The van der Waals surface area contributed by atoms with Gasteiger partial charge in [0.05, 0.1) is 7.11 Å². The molecule has 0 saturated heterocycles. The molecule has 5 heteroatoms. The molecule has 0 spiro atoms. The predicted molar refractivity (Wildman–Crippen MR) is 86.8 cm³/mol. The van der Waals surface area contributed by atoms with Crippen molar-refractivity contribution in [3.05, 3.63) is 28.0 Å². The van der Waals surface area contributed by atoms with Crippen LogP contribution >= 0.6 is 22.9 Å². The largest absolute Gasteiger partial charge is 0.465 e. The number of methoxy groups -OCH3 is 1. The van der Waals surface area contributed by atoms with Gasteiger partial charge in [-0.05, 0) is 48.8 Å². The van der Waals surface area contributed by atoms with Gasteiger partial charge < -0.3 is 9.84 Å². The van der Waals surface area contributed by atoms with E-state index in [1.807, 2.05) is 12.1 Å². The molecule has 1 aromatic rings. The van der Waals surface area contributed by atoms with Gasteiger partial charge in [-0.2, -0.15) is 0 Å². The summed E-state index contributed by atoms with van der Waals surface area (Å²) in [4.78, 5) is 13.0. The van der Waals surface area contributed by atoms with Gasteiger partial charge in [0, 0.05) is 16.9 Å². The fourth-order valence-corrected chi connectivity index (χ4v) is 4.45. The Balaban J connectivity index is 1.96. The number of aliphatic hydroxyl groups is 1. The molecule has 1 N–H and O–H groups in total. The van der Waals surface area contributed by atoms with Crippen molar-refractivity contribution in [3.63, 3.8) is 0 Å². The second-order valence-electron chi connectivity index (χ2n) is 5.57. The Kier molecular flexibility index (Phi) is 5.85. The Labute approximate surface area is 134 Å². The summed E-state index contributed by atoms with van der Waals surface area (Å²) in [5.74, 6) is 0.781. The van der Waals surface area contributed by atoms with Crippen LogP contribution in [0, 0.1) is 17.8 Å². The minimum atomic E-state index is -0.301. The van der Waals surface area contributed by atoms with Crippen molar-refractivity contribution < 1.29 is 14.6 Å². The van der Waals surface area contributed by atoms with E-state index in [4.69, 9.17) is 16.3 Å². The Bertz CT molecular complexity index is 511. The highest BCUT2D eigenvalue weighted by molar-refractivity contribution is 7.14. The monoisotopic (exact) mass is 328 g/mol. The lowest BCUT2D eigenvalue weighted by molar-refractivity contribution is 0.0606. The van der Waals surface area contributed by atoms with Crippen molar-refractivity contribution in [1.29, 1.82) is 0 Å². The molecule has 2 rings (SSSR count). The molecule has 1 aromatic heterocycles. The third-order valence-electron chi connectivity index (χ3n) is 4.26. The maximum Gasteiger partial charge on any atom is 0.348 e. The Morgan fingerprint density at radius 1 is 1.52 bits per heavy atom. The van der Waals surface area contributed by atoms with Crippen molar-refractivity contribution in [1.82, 2.24) is 0 Å². The van der Waals surface area contributed by atoms with Gasteiger partial charge in [0.2, 0.25) is 0 Å². The minimum absolute atomic E-state index is 0.135. The number of thiophene rings is 1. The van der Waals surface area contributed by atoms with Crippen LogP contribution in [0.3, 0.4) is 0 Å². The van der Waals surface area contributed by atoms with Gasteiger partial charge in [-0.1, -0.05) is 13.0 Å². The van der Waals surface area contributed by atoms with Crippen molar-refractivity contribution >= 4 is 35.0 Å². The Morgan fingerprint density at radius 2 is 2.29 bits per heavy atom. The molecule has 0 radical (unpaired) electrons. The van der Waals surface area contributed by atoms with Crippen LogP contribution in [0.1, 0.15) is 34.3 Å². The fourth-order valence-electron chi connectivity index (χ4n) is 3.03. The van der Waals surface area contributed by atoms with Crippen molar-refractivity contribution in [2.24, 2.45) is 17.8 Å². The number of carbonyl (C=O) groups is 1. The van der Waals surface area contributed by atoms with E-state index >= 15 is 0 Å². The first kappa shape index (κ1) is 16.5. The molecule has 1 heterocycles. The van der Waals surface area contributed by atoms with Crippen LogP contribution in [0.5, 0.6) is 0 Å². The summed E-state index contributed by atoms with van der Waals surface area (Å²) < 4.78 is 4.69. The Hall–Kier alpha value is -0.840. The normalized spacial score (nSPS) is 29.1. The van der Waals surface area contributed by atoms with Crippen LogP contribution in [0.2, 0.25) is 0 Å². The number of hydrogen-bond donors (Lipinski definition) is 1. The van der Waals surface area contributed by atoms with E-state index < -0.39 is 0 Å². The molecule has 1 fully saturated rings. The molecule has 21 heavy (non-hydrogen) atoms. The molecule has 0 aliphatic heterocycles. The lowest BCUT2D eigenvalue weighted by Crippen LogP contribution is -2.20. The Morgan fingerprint density at radius 3 is 2.95 bits per heavy atom. The number of rotatable bonds is 5. The molecule has 1 aliphatic rings. The van der Waals surface area contributed by atoms with Gasteiger partial charge in [-0.3, -0.25) is 0 Å². The second-order valence-corrected chi connectivity index (χ2v) is 7.25. The van der Waals surface area contributed by atoms with Crippen LogP contribution in [-0.4, -0.2) is 30.2 Å². The van der Waals surface area contributed by atoms with Crippen molar-refractivity contribution in [2.75, 3.05) is 13.7 Å². The summed E-state index contributed by atoms with van der Waals surface area (Å²) in [6.45, 7) is 2.36. The number of allylic oxidation sites excluding steroid dienone is 1. The first-order valence-electron chi connectivity index (χ1n) is 7.16. The maximum absolute atomic E-state index is 11.4. The highest BCUT2D eigenvalue weighted by atomic mass is 35.5. The van der Waals surface area contributed by atoms with Crippen LogP contribution in [-0.2, 0) is 4.74 Å². The molecular formula is C16H21ClO3S. The smallest absolute Gasteiger partial charge is 0.348 e. The summed E-state index contributed by atoms with van der Waals surface area (Å²) in [6, 6.07) is 3.68. The van der Waals surface area contributed by atoms with Gasteiger partial charge in [-0.25, -0.2) is 4.79 Å². The summed E-state index contributed by atoms with van der Waals surface area (Å²) in [6.07, 6.45) is 5.93. The zero-order valence-electron chi connectivity index (χ0n) is 12.3. The van der Waals surface area contributed by atoms with Gasteiger partial charge in [0.15, 0.2) is 0 Å². The van der Waals surface area contributed by atoms with Crippen molar-refractivity contribution in [3.8, 4) is 0 Å². The highest BCUT2D eigenvalue weighted by Crippen LogP contribution is 2.42. The number of halogens is 1. The van der Waals surface area contributed by atoms with Crippen LogP contribution in [0.4, 0.5) is 0 Å². The molecule has 0 aromatic carbocycles. The second kappa shape index (κ2) is 7.43. The van der Waals surface area contributed by atoms with Gasteiger partial charge >= 0.3 is 5.97 Å². The van der Waals surface area contributed by atoms with Gasteiger partial charge in [0.1, 0.15) is 4.88 Å². The topological polar surface area (TPSA) is 46.5 Å². The fraction of sp³-hybridized carbons (Fsp3) is 0.562. The average Bonchev–Trinajstić information content (AvgIpc) is 3.03. The number of alkyl halides is 1. The van der Waals surface area contributed by atoms with Gasteiger partial charge in [-0.15, -0.1) is 22.9 Å². The van der Waals surface area contributed by atoms with E-state index in [2.05, 4.69) is 13.0 Å². The number of aliphatic hydroxyl groups excluding tert-OH is 1. The molecule has 0 amide bonds. The molecule has 1 aliphatic carbocycles. The van der Waals surface area contributed by atoms with Crippen LogP contribution in [0.25, 0.3) is 6.08 Å². The summed E-state index contributed by atoms with van der Waals surface area (Å²) in [7, 11) is 1.38. The third-order valence-corrected chi connectivity index (χ3v) is 5.79. The van der Waals surface area contributed by atoms with E-state index in [1.165, 1.54) is 18.4 Å². The molecule has 1 saturated carbocycles. The van der Waals surface area contributed by atoms with Crippen LogP contribution < -0.4 is 0 Å². The molecule has 4 atom stereocenters. The molecule has 1 unspecified atom stereocenters. The quantitative estimate of drug-likeness (QED) is 0.660. The first-order valence-corrected chi connectivity index (χ1v) is 8.41. The van der Waals surface area contributed by atoms with E-state index in [1.54, 1.807) is 6.07 Å². The van der Waals surface area contributed by atoms with Gasteiger partial charge in [0.25, 0.3) is 0 Å². The molecule has 116 valence electrons. The third kappa shape index (κ3) is 3.87. The number of ether oxygens (including phenoxy) is 1. The van der Waals surface area contributed by atoms with E-state index in [0.717, 1.165) is 17.7 Å². The zero-order valence-corrected chi connectivity index (χ0v) is 13.9. The summed E-state index contributed by atoms with van der Waals surface area (Å²) in [5, 5.41) is 9.64. The zero-order chi connectivity index (χ0) is 15.4. The van der Waals surface area contributed by atoms with E-state index in [0.29, 0.717) is 16.7 Å². The molecular weight excluding hydrogens is 308 g/mol. The van der Waals surface area contributed by atoms with Crippen LogP contribution in [0.15, 0.2) is 18.2 Å². The highest BCUT2D eigenvalue weighted by Gasteiger charge is 2.38. The average molecular weight is 329 g/mol. The number of carbonyl (C=O) groups excluding carboxylic acids is 1. The molecule has 3 nitrogen and oxygen atoms in total. The lowest BCUT2D eigenvalue weighted by Gasteiger charge is -2.20. The summed E-state index contributed by atoms with van der Waals surface area (Å²) >= 11 is 7.80. The SMILES string of the molecule is COC(=O)c1ccc(C=CCC2[C@H](Cl)C[C@@H](C)[C@@H]2CO)s1. The van der Waals surface area contributed by atoms with E-state index in [-0.39, 0.29) is 23.9 Å². The van der Waals surface area contributed by atoms with Crippen molar-refractivity contribution in [2.45, 2.75) is 25.1 Å². The number of esters is 1. The van der Waals surface area contributed by atoms with E-state index in [9.17, 15) is 9.90 Å². The first-order chi connectivity index (χ1) is 10.1. The molecule has 0 bridgehead atoms. The number of hydrogen-bond acceptors (Lipinski definition) is 4. The predicted octanol–water partition coefficient (Wildman–Crippen LogP) is 3.81. The maximum atomic E-state index is 11.4. The lowest BCUT2D eigenvalue weighted by atomic mass is 9.89. The minimum Gasteiger partial charge on any atom is -0.465 e. The summed E-state index contributed by atoms with van der Waals surface area (Å²) in [5.41, 5.74) is 0. The standard InChI is InChI=1S/C16H21ClO3S/c1-10-8-14(17)12(13(10)9-18)5-3-4-11-6-7-15(21-11)16(19)20-2/h3-4,6-7,10,12-14,18H,5,8-9H2,1-2H3/t10-,12?,13+,14-/m1/s1.